The van der Waals surface area contributed by atoms with Crippen LogP contribution in [0.5, 0.6) is 0 Å². The second-order valence-electron chi connectivity index (χ2n) is 7.02. The average Bonchev–Trinajstić information content (AvgIpc) is 2.93. The Balaban J connectivity index is 1.92. The van der Waals surface area contributed by atoms with Crippen molar-refractivity contribution in [1.82, 2.24) is 10.6 Å². The fourth-order valence-electron chi connectivity index (χ4n) is 3.97. The van der Waals surface area contributed by atoms with E-state index >= 15 is 0 Å². The van der Waals surface area contributed by atoms with Gasteiger partial charge in [0.05, 0.1) is 11.5 Å². The van der Waals surface area contributed by atoms with E-state index in [1.165, 1.54) is 25.7 Å². The van der Waals surface area contributed by atoms with E-state index in [4.69, 9.17) is 4.74 Å². The molecule has 2 fully saturated rings. The number of carbonyl (C=O) groups is 1. The van der Waals surface area contributed by atoms with E-state index in [1.54, 1.807) is 7.05 Å². The van der Waals surface area contributed by atoms with Crippen molar-refractivity contribution < 1.29 is 9.53 Å². The molecule has 0 radical (unpaired) electrons. The van der Waals surface area contributed by atoms with Gasteiger partial charge in [-0.05, 0) is 40.0 Å². The van der Waals surface area contributed by atoms with E-state index in [-0.39, 0.29) is 11.3 Å². The van der Waals surface area contributed by atoms with Gasteiger partial charge in [-0.15, -0.1) is 0 Å². The van der Waals surface area contributed by atoms with Gasteiger partial charge in [-0.2, -0.15) is 0 Å². The molecule has 1 amide bonds. The summed E-state index contributed by atoms with van der Waals surface area (Å²) >= 11 is 0. The summed E-state index contributed by atoms with van der Waals surface area (Å²) in [5.41, 5.74) is -0.0139. The topological polar surface area (TPSA) is 50.4 Å². The van der Waals surface area contributed by atoms with Gasteiger partial charge in [-0.3, -0.25) is 4.79 Å². The monoisotopic (exact) mass is 282 g/mol. The summed E-state index contributed by atoms with van der Waals surface area (Å²) in [6.07, 6.45) is 6.71. The molecular formula is C16H30N2O2. The molecule has 2 aliphatic rings. The zero-order valence-electron chi connectivity index (χ0n) is 13.4. The maximum atomic E-state index is 11.9. The Morgan fingerprint density at radius 2 is 2.00 bits per heavy atom. The van der Waals surface area contributed by atoms with Gasteiger partial charge in [0, 0.05) is 31.7 Å². The molecule has 1 spiro atoms. The third-order valence-corrected chi connectivity index (χ3v) is 5.32. The maximum absolute atomic E-state index is 11.9. The first kappa shape index (κ1) is 15.8. The Morgan fingerprint density at radius 3 is 2.55 bits per heavy atom. The molecule has 20 heavy (non-hydrogen) atoms. The first-order chi connectivity index (χ1) is 9.46. The molecule has 0 aromatic heterocycles. The summed E-state index contributed by atoms with van der Waals surface area (Å²) in [5, 5.41) is 6.41. The van der Waals surface area contributed by atoms with Crippen LogP contribution >= 0.6 is 0 Å². The van der Waals surface area contributed by atoms with Crippen molar-refractivity contribution >= 4 is 5.91 Å². The molecule has 0 heterocycles. The molecule has 0 aliphatic heterocycles. The molecule has 2 saturated carbocycles. The predicted molar refractivity (Wildman–Crippen MR) is 80.6 cm³/mol. The van der Waals surface area contributed by atoms with E-state index in [1.807, 2.05) is 13.8 Å². The van der Waals surface area contributed by atoms with Crippen molar-refractivity contribution in [3.8, 4) is 0 Å². The minimum absolute atomic E-state index is 0.103. The Morgan fingerprint density at radius 1 is 1.35 bits per heavy atom. The van der Waals surface area contributed by atoms with E-state index in [2.05, 4.69) is 17.6 Å². The van der Waals surface area contributed by atoms with Crippen molar-refractivity contribution in [1.29, 1.82) is 0 Å². The molecule has 2 atom stereocenters. The predicted octanol–water partition coefficient (Wildman–Crippen LogP) is 2.09. The number of nitrogens with one attached hydrogen (secondary N) is 2. The molecule has 2 aliphatic carbocycles. The SMILES string of the molecule is CCOC1CC(NCC(C)(C)C(=O)NC)C12CCCC2. The Hall–Kier alpha value is -0.610. The number of amides is 1. The van der Waals surface area contributed by atoms with Crippen LogP contribution in [0.3, 0.4) is 0 Å². The summed E-state index contributed by atoms with van der Waals surface area (Å²) in [6.45, 7) is 7.62. The van der Waals surface area contributed by atoms with Gasteiger partial charge in [0.15, 0.2) is 0 Å². The van der Waals surface area contributed by atoms with Crippen LogP contribution in [0, 0.1) is 10.8 Å². The Kier molecular flexibility index (Phi) is 4.75. The molecule has 0 saturated heterocycles. The van der Waals surface area contributed by atoms with Crippen LogP contribution in [-0.2, 0) is 9.53 Å². The first-order valence-corrected chi connectivity index (χ1v) is 8.03. The minimum Gasteiger partial charge on any atom is -0.378 e. The lowest BCUT2D eigenvalue weighted by atomic mass is 9.60. The summed E-state index contributed by atoms with van der Waals surface area (Å²) in [4.78, 5) is 11.9. The van der Waals surface area contributed by atoms with Gasteiger partial charge in [-0.25, -0.2) is 0 Å². The van der Waals surface area contributed by atoms with Crippen LogP contribution in [0.2, 0.25) is 0 Å². The highest BCUT2D eigenvalue weighted by Gasteiger charge is 2.56. The number of hydrogen-bond donors (Lipinski definition) is 2. The Labute approximate surface area is 123 Å². The molecule has 2 N–H and O–H groups in total. The summed E-state index contributed by atoms with van der Waals surface area (Å²) in [5.74, 6) is 0.103. The third kappa shape index (κ3) is 2.73. The lowest BCUT2D eigenvalue weighted by Crippen LogP contribution is -2.64. The van der Waals surface area contributed by atoms with Gasteiger partial charge in [0.2, 0.25) is 5.91 Å². The van der Waals surface area contributed by atoms with Crippen LogP contribution in [-0.4, -0.2) is 38.3 Å². The molecular weight excluding hydrogens is 252 g/mol. The number of ether oxygens (including phenoxy) is 1. The quantitative estimate of drug-likeness (QED) is 0.784. The standard InChI is InChI=1S/C16H30N2O2/c1-5-20-13-10-12(16(13)8-6-7-9-16)18-11-15(2,3)14(19)17-4/h12-13,18H,5-11H2,1-4H3,(H,17,19). The highest BCUT2D eigenvalue weighted by Crippen LogP contribution is 2.54. The second-order valence-corrected chi connectivity index (χ2v) is 7.02. The second kappa shape index (κ2) is 6.02. The van der Waals surface area contributed by atoms with Gasteiger partial charge >= 0.3 is 0 Å². The number of hydrogen-bond acceptors (Lipinski definition) is 3. The highest BCUT2D eigenvalue weighted by molar-refractivity contribution is 5.81. The fraction of sp³-hybridized carbons (Fsp3) is 0.938. The van der Waals surface area contributed by atoms with Crippen molar-refractivity contribution in [2.75, 3.05) is 20.2 Å². The largest absolute Gasteiger partial charge is 0.378 e. The van der Waals surface area contributed by atoms with Crippen molar-refractivity contribution in [2.24, 2.45) is 10.8 Å². The van der Waals surface area contributed by atoms with Gasteiger partial charge in [0.25, 0.3) is 0 Å². The lowest BCUT2D eigenvalue weighted by Gasteiger charge is -2.54. The van der Waals surface area contributed by atoms with Gasteiger partial charge < -0.3 is 15.4 Å². The zero-order chi connectivity index (χ0) is 14.8. The van der Waals surface area contributed by atoms with Crippen molar-refractivity contribution in [3.05, 3.63) is 0 Å². The van der Waals surface area contributed by atoms with Crippen LogP contribution in [0.15, 0.2) is 0 Å². The average molecular weight is 282 g/mol. The van der Waals surface area contributed by atoms with Crippen LogP contribution in [0.1, 0.15) is 52.9 Å². The number of rotatable bonds is 6. The van der Waals surface area contributed by atoms with E-state index < -0.39 is 0 Å². The molecule has 2 unspecified atom stereocenters. The van der Waals surface area contributed by atoms with Crippen LogP contribution in [0.4, 0.5) is 0 Å². The molecule has 4 heteroatoms. The lowest BCUT2D eigenvalue weighted by molar-refractivity contribution is -0.136. The van der Waals surface area contributed by atoms with Gasteiger partial charge in [-0.1, -0.05) is 12.8 Å². The van der Waals surface area contributed by atoms with Crippen LogP contribution < -0.4 is 10.6 Å². The smallest absolute Gasteiger partial charge is 0.226 e. The zero-order valence-corrected chi connectivity index (χ0v) is 13.4. The molecule has 0 aromatic rings. The van der Waals surface area contributed by atoms with E-state index in [0.29, 0.717) is 17.6 Å². The summed E-state index contributed by atoms with van der Waals surface area (Å²) in [7, 11) is 1.71. The van der Waals surface area contributed by atoms with Crippen LogP contribution in [0.25, 0.3) is 0 Å². The van der Waals surface area contributed by atoms with Crippen molar-refractivity contribution in [3.63, 3.8) is 0 Å². The van der Waals surface area contributed by atoms with Crippen molar-refractivity contribution in [2.45, 2.75) is 65.0 Å². The van der Waals surface area contributed by atoms with E-state index in [9.17, 15) is 4.79 Å². The van der Waals surface area contributed by atoms with Gasteiger partial charge in [0.1, 0.15) is 0 Å². The molecule has 0 bridgehead atoms. The minimum atomic E-state index is -0.356. The third-order valence-electron chi connectivity index (χ3n) is 5.32. The maximum Gasteiger partial charge on any atom is 0.226 e. The molecule has 2 rings (SSSR count). The van der Waals surface area contributed by atoms with E-state index in [0.717, 1.165) is 19.6 Å². The Bertz CT molecular complexity index is 348. The summed E-state index contributed by atoms with van der Waals surface area (Å²) < 4.78 is 5.93. The first-order valence-electron chi connectivity index (χ1n) is 8.03. The molecule has 116 valence electrons. The molecule has 4 nitrogen and oxygen atoms in total. The number of carbonyl (C=O) groups excluding carboxylic acids is 1. The molecule has 0 aromatic carbocycles. The fourth-order valence-corrected chi connectivity index (χ4v) is 3.97. The highest BCUT2D eigenvalue weighted by atomic mass is 16.5. The normalized spacial score (nSPS) is 28.4. The summed E-state index contributed by atoms with van der Waals surface area (Å²) in [6, 6.07) is 0.519.